The van der Waals surface area contributed by atoms with Crippen LogP contribution in [0.25, 0.3) is 0 Å². The highest BCUT2D eigenvalue weighted by Crippen LogP contribution is 2.13. The lowest BCUT2D eigenvalue weighted by atomic mass is 10.3. The minimum absolute atomic E-state index is 0.327. The summed E-state index contributed by atoms with van der Waals surface area (Å²) in [5, 5.41) is 5.73. The van der Waals surface area contributed by atoms with E-state index in [1.54, 1.807) is 11.3 Å². The predicted molar refractivity (Wildman–Crippen MR) is 49.3 cm³/mol. The van der Waals surface area contributed by atoms with E-state index in [2.05, 4.69) is 10.1 Å². The Kier molecular flexibility index (Phi) is 2.37. The van der Waals surface area contributed by atoms with Crippen molar-refractivity contribution in [3.63, 3.8) is 0 Å². The van der Waals surface area contributed by atoms with Crippen LogP contribution in [0, 0.1) is 0 Å². The molecule has 0 aliphatic carbocycles. The van der Waals surface area contributed by atoms with Gasteiger partial charge in [-0.2, -0.15) is 4.98 Å². The van der Waals surface area contributed by atoms with E-state index in [-0.39, 0.29) is 0 Å². The quantitative estimate of drug-likeness (QED) is 0.798. The van der Waals surface area contributed by atoms with Crippen molar-refractivity contribution in [1.82, 2.24) is 10.1 Å². The van der Waals surface area contributed by atoms with E-state index in [4.69, 9.17) is 10.3 Å². The molecule has 0 bridgehead atoms. The minimum atomic E-state index is 0.327. The molecule has 0 amide bonds. The van der Waals surface area contributed by atoms with Crippen LogP contribution < -0.4 is 5.73 Å². The van der Waals surface area contributed by atoms with Gasteiger partial charge in [0, 0.05) is 4.88 Å². The van der Waals surface area contributed by atoms with E-state index < -0.39 is 0 Å². The molecule has 4 nitrogen and oxygen atoms in total. The number of thiophene rings is 1. The molecule has 0 aliphatic heterocycles. The van der Waals surface area contributed by atoms with Crippen LogP contribution in [0.2, 0.25) is 0 Å². The van der Waals surface area contributed by atoms with Crippen LogP contribution in [0.1, 0.15) is 16.6 Å². The van der Waals surface area contributed by atoms with E-state index in [1.165, 1.54) is 4.88 Å². The summed E-state index contributed by atoms with van der Waals surface area (Å²) in [5.41, 5.74) is 5.35. The average molecular weight is 195 g/mol. The van der Waals surface area contributed by atoms with E-state index in [9.17, 15) is 0 Å². The normalized spacial score (nSPS) is 10.5. The lowest BCUT2D eigenvalue weighted by molar-refractivity contribution is 0.380. The fourth-order valence-electron chi connectivity index (χ4n) is 1.01. The summed E-state index contributed by atoms with van der Waals surface area (Å²) in [7, 11) is 0. The maximum Gasteiger partial charge on any atom is 0.231 e. The first-order chi connectivity index (χ1) is 6.38. The number of nitrogens with zero attached hydrogens (tertiary/aromatic N) is 2. The number of rotatable bonds is 3. The van der Waals surface area contributed by atoms with Crippen LogP contribution in [0.4, 0.5) is 0 Å². The lowest BCUT2D eigenvalue weighted by Crippen LogP contribution is -1.98. The molecular weight excluding hydrogens is 186 g/mol. The Balaban J connectivity index is 2.10. The van der Waals surface area contributed by atoms with E-state index >= 15 is 0 Å². The molecule has 2 N–H and O–H groups in total. The average Bonchev–Trinajstić information content (AvgIpc) is 2.76. The first kappa shape index (κ1) is 8.40. The molecule has 0 atom stereocenters. The zero-order valence-corrected chi connectivity index (χ0v) is 7.75. The van der Waals surface area contributed by atoms with Gasteiger partial charge >= 0.3 is 0 Å². The van der Waals surface area contributed by atoms with E-state index in [1.807, 2.05) is 17.5 Å². The highest BCUT2D eigenvalue weighted by atomic mass is 32.1. The highest BCUT2D eigenvalue weighted by molar-refractivity contribution is 7.09. The molecule has 0 radical (unpaired) electrons. The van der Waals surface area contributed by atoms with Gasteiger partial charge in [0.15, 0.2) is 5.82 Å². The van der Waals surface area contributed by atoms with Crippen LogP contribution in [0.5, 0.6) is 0 Å². The molecule has 0 fully saturated rings. The number of hydrogen-bond acceptors (Lipinski definition) is 5. The molecule has 2 aromatic rings. The molecule has 0 spiro atoms. The van der Waals surface area contributed by atoms with Crippen molar-refractivity contribution in [3.05, 3.63) is 34.1 Å². The fourth-order valence-corrected chi connectivity index (χ4v) is 1.70. The van der Waals surface area contributed by atoms with Crippen LogP contribution in [0.3, 0.4) is 0 Å². The Hall–Kier alpha value is -1.20. The zero-order valence-electron chi connectivity index (χ0n) is 6.93. The monoisotopic (exact) mass is 195 g/mol. The van der Waals surface area contributed by atoms with Crippen molar-refractivity contribution >= 4 is 11.3 Å². The third kappa shape index (κ3) is 1.93. The summed E-state index contributed by atoms with van der Waals surface area (Å²) in [4.78, 5) is 5.32. The Labute approximate surface area is 79.4 Å². The SMILES string of the molecule is NCc1noc(Cc2cccs2)n1. The minimum Gasteiger partial charge on any atom is -0.339 e. The molecular formula is C8H9N3OS. The van der Waals surface area contributed by atoms with E-state index in [0.717, 1.165) is 0 Å². The van der Waals surface area contributed by atoms with Crippen molar-refractivity contribution in [2.24, 2.45) is 5.73 Å². The first-order valence-corrected chi connectivity index (χ1v) is 4.80. The molecule has 0 unspecified atom stereocenters. The second-order valence-electron chi connectivity index (χ2n) is 2.56. The maximum atomic E-state index is 5.35. The van der Waals surface area contributed by atoms with Gasteiger partial charge < -0.3 is 10.3 Å². The second-order valence-corrected chi connectivity index (χ2v) is 3.60. The Morgan fingerprint density at radius 3 is 3.08 bits per heavy atom. The van der Waals surface area contributed by atoms with Crippen molar-refractivity contribution in [2.75, 3.05) is 0 Å². The first-order valence-electron chi connectivity index (χ1n) is 3.92. The molecule has 0 saturated carbocycles. The standard InChI is InChI=1S/C8H9N3OS/c9-5-7-10-8(12-11-7)4-6-2-1-3-13-6/h1-3H,4-5,9H2. The second kappa shape index (κ2) is 3.68. The maximum absolute atomic E-state index is 5.35. The Bertz CT molecular complexity index is 368. The van der Waals surface area contributed by atoms with Crippen molar-refractivity contribution in [1.29, 1.82) is 0 Å². The van der Waals surface area contributed by atoms with Gasteiger partial charge in [-0.15, -0.1) is 11.3 Å². The van der Waals surface area contributed by atoms with Gasteiger partial charge in [0.25, 0.3) is 0 Å². The van der Waals surface area contributed by atoms with Crippen molar-refractivity contribution in [2.45, 2.75) is 13.0 Å². The van der Waals surface area contributed by atoms with Gasteiger partial charge in [0.1, 0.15) is 0 Å². The molecule has 13 heavy (non-hydrogen) atoms. The molecule has 2 heterocycles. The topological polar surface area (TPSA) is 64.9 Å². The molecule has 2 rings (SSSR count). The summed E-state index contributed by atoms with van der Waals surface area (Å²) in [5.74, 6) is 1.19. The predicted octanol–water partition coefficient (Wildman–Crippen LogP) is 1.18. The molecule has 0 aromatic carbocycles. The van der Waals surface area contributed by atoms with Gasteiger partial charge in [-0.3, -0.25) is 0 Å². The van der Waals surface area contributed by atoms with E-state index in [0.29, 0.717) is 24.7 Å². The summed E-state index contributed by atoms with van der Waals surface area (Å²) in [6.45, 7) is 0.327. The molecule has 5 heteroatoms. The number of aromatic nitrogens is 2. The molecule has 0 aliphatic rings. The van der Waals surface area contributed by atoms with Gasteiger partial charge in [-0.05, 0) is 11.4 Å². The Morgan fingerprint density at radius 1 is 1.54 bits per heavy atom. The van der Waals surface area contributed by atoms with Gasteiger partial charge in [-0.1, -0.05) is 11.2 Å². The van der Waals surface area contributed by atoms with Crippen LogP contribution in [0.15, 0.2) is 22.0 Å². The van der Waals surface area contributed by atoms with Crippen LogP contribution >= 0.6 is 11.3 Å². The summed E-state index contributed by atoms with van der Waals surface area (Å²) in [6.07, 6.45) is 0.699. The van der Waals surface area contributed by atoms with Gasteiger partial charge in [-0.25, -0.2) is 0 Å². The van der Waals surface area contributed by atoms with Crippen molar-refractivity contribution < 1.29 is 4.52 Å². The summed E-state index contributed by atoms with van der Waals surface area (Å²) in [6, 6.07) is 4.04. The lowest BCUT2D eigenvalue weighted by Gasteiger charge is -1.87. The zero-order chi connectivity index (χ0) is 9.10. The van der Waals surface area contributed by atoms with Crippen molar-refractivity contribution in [3.8, 4) is 0 Å². The molecule has 0 saturated heterocycles. The van der Waals surface area contributed by atoms with Gasteiger partial charge in [0.05, 0.1) is 13.0 Å². The summed E-state index contributed by atoms with van der Waals surface area (Å²) < 4.78 is 4.99. The van der Waals surface area contributed by atoms with Gasteiger partial charge in [0.2, 0.25) is 5.89 Å². The number of hydrogen-bond donors (Lipinski definition) is 1. The van der Waals surface area contributed by atoms with Crippen LogP contribution in [-0.2, 0) is 13.0 Å². The third-order valence-corrected chi connectivity index (χ3v) is 2.47. The highest BCUT2D eigenvalue weighted by Gasteiger charge is 2.05. The van der Waals surface area contributed by atoms with Crippen LogP contribution in [-0.4, -0.2) is 10.1 Å². The third-order valence-electron chi connectivity index (χ3n) is 1.60. The fraction of sp³-hybridized carbons (Fsp3) is 0.250. The molecule has 68 valence electrons. The summed E-state index contributed by atoms with van der Waals surface area (Å²) >= 11 is 1.68. The smallest absolute Gasteiger partial charge is 0.231 e. The largest absolute Gasteiger partial charge is 0.339 e. The molecule has 2 aromatic heterocycles. The Morgan fingerprint density at radius 2 is 2.46 bits per heavy atom. The number of nitrogens with two attached hydrogens (primary N) is 1.